The molecule has 0 fully saturated rings. The molecule has 31 heavy (non-hydrogen) atoms. The van der Waals surface area contributed by atoms with E-state index in [1.54, 1.807) is 0 Å². The Kier molecular flexibility index (Phi) is 9.75. The first-order valence-electron chi connectivity index (χ1n) is 12.3. The zero-order valence-electron chi connectivity index (χ0n) is 19.7. The van der Waals surface area contributed by atoms with Crippen molar-refractivity contribution >= 4 is 10.9 Å². The van der Waals surface area contributed by atoms with Crippen LogP contribution in [0.3, 0.4) is 0 Å². The van der Waals surface area contributed by atoms with Gasteiger partial charge in [0.15, 0.2) is 14.7 Å². The van der Waals surface area contributed by atoms with Gasteiger partial charge in [-0.05, 0) is 56.7 Å². The van der Waals surface area contributed by atoms with Crippen molar-refractivity contribution in [2.45, 2.75) is 93.2 Å². The van der Waals surface area contributed by atoms with Crippen molar-refractivity contribution in [3.05, 3.63) is 89.5 Å². The minimum Gasteiger partial charge on any atom is -0.0654 e. The Morgan fingerprint density at radius 3 is 1.03 bits per heavy atom. The Morgan fingerprint density at radius 2 is 0.742 bits per heavy atom. The van der Waals surface area contributed by atoms with E-state index < -0.39 is 0 Å². The van der Waals surface area contributed by atoms with E-state index in [-0.39, 0.29) is 10.9 Å². The fourth-order valence-electron chi connectivity index (χ4n) is 4.19. The van der Waals surface area contributed by atoms with Gasteiger partial charge in [-0.3, -0.25) is 0 Å². The molecule has 1 heteroatoms. The maximum Gasteiger partial charge on any atom is 0.169 e. The first-order valence-corrected chi connectivity index (χ1v) is 13.5. The molecule has 0 aliphatic heterocycles. The lowest BCUT2D eigenvalue weighted by Gasteiger charge is -2.17. The molecule has 0 nitrogen and oxygen atoms in total. The second-order valence-electron chi connectivity index (χ2n) is 8.44. The van der Waals surface area contributed by atoms with Gasteiger partial charge in [0.1, 0.15) is 10.9 Å². The second-order valence-corrected chi connectivity index (χ2v) is 10.4. The quantitative estimate of drug-likeness (QED) is 0.251. The third-order valence-electron chi connectivity index (χ3n) is 5.98. The highest BCUT2D eigenvalue weighted by molar-refractivity contribution is 7.97. The molecule has 0 bridgehead atoms. The maximum atomic E-state index is 2.40. The maximum absolute atomic E-state index is 2.40. The number of rotatable bonds is 12. The molecule has 0 N–H and O–H groups in total. The fraction of sp³-hybridized carbons (Fsp3) is 0.400. The van der Waals surface area contributed by atoms with Crippen molar-refractivity contribution in [1.82, 2.24) is 0 Å². The molecule has 0 spiro atoms. The summed E-state index contributed by atoms with van der Waals surface area (Å²) in [4.78, 5) is 4.59. The normalized spacial score (nSPS) is 11.2. The molecule has 0 heterocycles. The zero-order valence-corrected chi connectivity index (χ0v) is 20.5. The predicted molar refractivity (Wildman–Crippen MR) is 137 cm³/mol. The number of aryl methyl sites for hydroxylation is 3. The first kappa shape index (κ1) is 23.7. The Morgan fingerprint density at radius 1 is 0.452 bits per heavy atom. The van der Waals surface area contributed by atoms with Gasteiger partial charge in [0.2, 0.25) is 0 Å². The Labute approximate surface area is 193 Å². The van der Waals surface area contributed by atoms with Gasteiger partial charge in [-0.15, -0.1) is 0 Å². The van der Waals surface area contributed by atoms with Gasteiger partial charge >= 0.3 is 0 Å². The van der Waals surface area contributed by atoms with Gasteiger partial charge in [0, 0.05) is 16.7 Å². The van der Waals surface area contributed by atoms with Crippen LogP contribution in [0.25, 0.3) is 0 Å². The summed E-state index contributed by atoms with van der Waals surface area (Å²) in [7, 11) is -0.0597. The van der Waals surface area contributed by atoms with Crippen molar-refractivity contribution in [3.63, 3.8) is 0 Å². The lowest BCUT2D eigenvalue weighted by molar-refractivity contribution is 0.777. The fourth-order valence-corrected chi connectivity index (χ4v) is 6.84. The standard InChI is InChI=1S/C30H39S/c1-4-7-16-25-19-10-13-22-28(25)31(29-23-14-11-20-26(29)17-8-5-2)30-24-15-12-21-27(30)18-9-6-3/h10-15,19-24H,4-9,16-18H2,1-3H3/q+1. The predicted octanol–water partition coefficient (Wildman–Crippen LogP) is 8.81. The summed E-state index contributed by atoms with van der Waals surface area (Å²) in [6.45, 7) is 6.88. The molecule has 0 unspecified atom stereocenters. The summed E-state index contributed by atoms with van der Waals surface area (Å²) in [5.74, 6) is 0. The van der Waals surface area contributed by atoms with Gasteiger partial charge in [-0.1, -0.05) is 94.6 Å². The highest BCUT2D eigenvalue weighted by Gasteiger charge is 2.34. The Balaban J connectivity index is 2.18. The van der Waals surface area contributed by atoms with Gasteiger partial charge in [0.05, 0.1) is 0 Å². The van der Waals surface area contributed by atoms with Crippen LogP contribution in [0.2, 0.25) is 0 Å². The number of unbranched alkanes of at least 4 members (excludes halogenated alkanes) is 3. The summed E-state index contributed by atoms with van der Waals surface area (Å²) < 4.78 is 0. The molecule has 3 aromatic rings. The van der Waals surface area contributed by atoms with Gasteiger partial charge in [0.25, 0.3) is 0 Å². The average molecular weight is 432 g/mol. The van der Waals surface area contributed by atoms with Crippen molar-refractivity contribution < 1.29 is 0 Å². The SMILES string of the molecule is CCCCc1ccccc1[S+](c1ccccc1CCCC)c1ccccc1CCCC. The first-order chi connectivity index (χ1) is 15.3. The molecule has 3 rings (SSSR count). The molecular weight excluding hydrogens is 392 g/mol. The summed E-state index contributed by atoms with van der Waals surface area (Å²) in [6, 6.07) is 27.7. The van der Waals surface area contributed by atoms with E-state index in [1.807, 2.05) is 0 Å². The number of hydrogen-bond donors (Lipinski definition) is 0. The van der Waals surface area contributed by atoms with E-state index in [0.717, 1.165) is 0 Å². The molecule has 0 radical (unpaired) electrons. The van der Waals surface area contributed by atoms with Crippen LogP contribution in [-0.4, -0.2) is 0 Å². The molecule has 0 aromatic heterocycles. The average Bonchev–Trinajstić information content (AvgIpc) is 2.82. The third kappa shape index (κ3) is 6.26. The Bertz CT molecular complexity index is 805. The summed E-state index contributed by atoms with van der Waals surface area (Å²) in [5, 5.41) is 0. The van der Waals surface area contributed by atoms with Crippen LogP contribution in [-0.2, 0) is 30.2 Å². The van der Waals surface area contributed by atoms with Crippen LogP contribution in [0.15, 0.2) is 87.5 Å². The molecular formula is C30H39S+. The summed E-state index contributed by atoms with van der Waals surface area (Å²) in [5.41, 5.74) is 4.59. The smallest absolute Gasteiger partial charge is 0.0654 e. The van der Waals surface area contributed by atoms with Crippen LogP contribution >= 0.6 is 0 Å². The monoisotopic (exact) mass is 431 g/mol. The molecule has 0 aliphatic carbocycles. The van der Waals surface area contributed by atoms with Gasteiger partial charge < -0.3 is 0 Å². The van der Waals surface area contributed by atoms with Crippen molar-refractivity contribution in [2.75, 3.05) is 0 Å². The van der Waals surface area contributed by atoms with Gasteiger partial charge in [-0.2, -0.15) is 0 Å². The second kappa shape index (κ2) is 12.8. The molecule has 3 aromatic carbocycles. The number of hydrogen-bond acceptors (Lipinski definition) is 0. The minimum atomic E-state index is -0.0597. The highest BCUT2D eigenvalue weighted by Crippen LogP contribution is 2.38. The van der Waals surface area contributed by atoms with E-state index >= 15 is 0 Å². The molecule has 0 aliphatic rings. The summed E-state index contributed by atoms with van der Waals surface area (Å²) >= 11 is 0. The van der Waals surface area contributed by atoms with Crippen LogP contribution in [0, 0.1) is 0 Å². The highest BCUT2D eigenvalue weighted by atomic mass is 32.2. The van der Waals surface area contributed by atoms with Crippen LogP contribution in [0.1, 0.15) is 76.0 Å². The number of benzene rings is 3. The molecule has 0 saturated heterocycles. The van der Waals surface area contributed by atoms with Crippen LogP contribution in [0.5, 0.6) is 0 Å². The van der Waals surface area contributed by atoms with Crippen molar-refractivity contribution in [2.24, 2.45) is 0 Å². The lowest BCUT2D eigenvalue weighted by atomic mass is 10.1. The lowest BCUT2D eigenvalue weighted by Crippen LogP contribution is -2.13. The van der Waals surface area contributed by atoms with E-state index in [9.17, 15) is 0 Å². The van der Waals surface area contributed by atoms with Gasteiger partial charge in [-0.25, -0.2) is 0 Å². The van der Waals surface area contributed by atoms with Crippen LogP contribution < -0.4 is 0 Å². The van der Waals surface area contributed by atoms with E-state index in [4.69, 9.17) is 0 Å². The van der Waals surface area contributed by atoms with Crippen molar-refractivity contribution in [3.8, 4) is 0 Å². The van der Waals surface area contributed by atoms with Crippen LogP contribution in [0.4, 0.5) is 0 Å². The molecule has 0 atom stereocenters. The molecule has 0 saturated carbocycles. The summed E-state index contributed by atoms with van der Waals surface area (Å²) in [6.07, 6.45) is 11.0. The minimum absolute atomic E-state index is 0.0597. The largest absolute Gasteiger partial charge is 0.169 e. The van der Waals surface area contributed by atoms with Crippen molar-refractivity contribution in [1.29, 1.82) is 0 Å². The zero-order chi connectivity index (χ0) is 21.9. The third-order valence-corrected chi connectivity index (χ3v) is 8.49. The molecule has 0 amide bonds. The molecule has 164 valence electrons. The topological polar surface area (TPSA) is 0 Å². The van der Waals surface area contributed by atoms with E-state index in [2.05, 4.69) is 93.6 Å². The van der Waals surface area contributed by atoms with E-state index in [1.165, 1.54) is 89.2 Å². The van der Waals surface area contributed by atoms with E-state index in [0.29, 0.717) is 0 Å². The Hall–Kier alpha value is -1.99.